The number of hydrogen-bond acceptors (Lipinski definition) is 3. The van der Waals surface area contributed by atoms with Gasteiger partial charge >= 0.3 is 0 Å². The fourth-order valence-electron chi connectivity index (χ4n) is 1.37. The molecule has 0 aromatic heterocycles. The lowest BCUT2D eigenvalue weighted by Gasteiger charge is -2.30. The maximum absolute atomic E-state index is 9.26. The average molecular weight is 146 g/mol. The van der Waals surface area contributed by atoms with Crippen molar-refractivity contribution in [2.45, 2.75) is 37.6 Å². The minimum atomic E-state index is -0.682. The number of ether oxygens (including phenoxy) is 1. The summed E-state index contributed by atoms with van der Waals surface area (Å²) >= 11 is 0. The first-order valence-electron chi connectivity index (χ1n) is 3.64. The topological polar surface area (TPSA) is 49.7 Å². The molecule has 60 valence electrons. The third kappa shape index (κ3) is 1.48. The van der Waals surface area contributed by atoms with E-state index >= 15 is 0 Å². The SMILES string of the molecule is CO[C@H]1CCC[C@@H](O)[C@H]1O. The van der Waals surface area contributed by atoms with E-state index in [-0.39, 0.29) is 6.10 Å². The lowest BCUT2D eigenvalue weighted by atomic mass is 9.92. The van der Waals surface area contributed by atoms with E-state index in [1.165, 1.54) is 0 Å². The molecule has 0 aliphatic heterocycles. The molecule has 0 radical (unpaired) electrons. The van der Waals surface area contributed by atoms with Crippen LogP contribution in [0.1, 0.15) is 19.3 Å². The molecule has 0 aromatic rings. The van der Waals surface area contributed by atoms with Crippen molar-refractivity contribution in [1.82, 2.24) is 0 Å². The molecule has 1 aliphatic carbocycles. The van der Waals surface area contributed by atoms with E-state index < -0.39 is 12.2 Å². The Bertz CT molecular complexity index is 105. The summed E-state index contributed by atoms with van der Waals surface area (Å²) in [5.74, 6) is 0. The number of hydrogen-bond donors (Lipinski definition) is 2. The summed E-state index contributed by atoms with van der Waals surface area (Å²) in [6, 6.07) is 0. The number of aliphatic hydroxyl groups is 2. The Balaban J connectivity index is 2.42. The number of rotatable bonds is 1. The fraction of sp³-hybridized carbons (Fsp3) is 1.00. The largest absolute Gasteiger partial charge is 0.390 e. The quantitative estimate of drug-likeness (QED) is 0.543. The van der Waals surface area contributed by atoms with E-state index in [4.69, 9.17) is 9.84 Å². The van der Waals surface area contributed by atoms with Gasteiger partial charge in [0.25, 0.3) is 0 Å². The second-order valence-corrected chi connectivity index (χ2v) is 2.76. The molecule has 1 fully saturated rings. The molecular weight excluding hydrogens is 132 g/mol. The van der Waals surface area contributed by atoms with Gasteiger partial charge in [-0.1, -0.05) is 0 Å². The molecule has 0 heterocycles. The smallest absolute Gasteiger partial charge is 0.106 e. The van der Waals surface area contributed by atoms with E-state index in [0.29, 0.717) is 6.42 Å². The van der Waals surface area contributed by atoms with Gasteiger partial charge in [0.2, 0.25) is 0 Å². The molecular formula is C7H14O3. The summed E-state index contributed by atoms with van der Waals surface area (Å²) in [6.07, 6.45) is 1.06. The van der Waals surface area contributed by atoms with Crippen LogP contribution in [0.4, 0.5) is 0 Å². The van der Waals surface area contributed by atoms with Crippen LogP contribution in [0.2, 0.25) is 0 Å². The Hall–Kier alpha value is -0.120. The first-order valence-corrected chi connectivity index (χ1v) is 3.64. The summed E-state index contributed by atoms with van der Waals surface area (Å²) in [5.41, 5.74) is 0. The first-order chi connectivity index (χ1) is 4.75. The van der Waals surface area contributed by atoms with Crippen LogP contribution in [-0.4, -0.2) is 35.6 Å². The van der Waals surface area contributed by atoms with Crippen LogP contribution in [0.5, 0.6) is 0 Å². The molecule has 0 saturated heterocycles. The van der Waals surface area contributed by atoms with E-state index in [9.17, 15) is 5.11 Å². The van der Waals surface area contributed by atoms with Gasteiger partial charge in [0.1, 0.15) is 6.10 Å². The van der Waals surface area contributed by atoms with Gasteiger partial charge in [-0.3, -0.25) is 0 Å². The van der Waals surface area contributed by atoms with Crippen molar-refractivity contribution < 1.29 is 14.9 Å². The predicted octanol–water partition coefficient (Wildman–Crippen LogP) is -0.0929. The minimum Gasteiger partial charge on any atom is -0.390 e. The number of methoxy groups -OCH3 is 1. The van der Waals surface area contributed by atoms with Crippen LogP contribution in [0.25, 0.3) is 0 Å². The average Bonchev–Trinajstić information content (AvgIpc) is 1.95. The molecule has 1 rings (SSSR count). The molecule has 3 heteroatoms. The van der Waals surface area contributed by atoms with E-state index in [2.05, 4.69) is 0 Å². The molecule has 0 spiro atoms. The summed E-state index contributed by atoms with van der Waals surface area (Å²) < 4.78 is 4.96. The second-order valence-electron chi connectivity index (χ2n) is 2.76. The Labute approximate surface area is 60.6 Å². The van der Waals surface area contributed by atoms with Gasteiger partial charge in [-0.05, 0) is 19.3 Å². The molecule has 2 N–H and O–H groups in total. The van der Waals surface area contributed by atoms with Crippen molar-refractivity contribution in [3.05, 3.63) is 0 Å². The highest BCUT2D eigenvalue weighted by Gasteiger charge is 2.29. The fourth-order valence-corrected chi connectivity index (χ4v) is 1.37. The van der Waals surface area contributed by atoms with Crippen molar-refractivity contribution >= 4 is 0 Å². The summed E-state index contributed by atoms with van der Waals surface area (Å²) in [4.78, 5) is 0. The molecule has 3 atom stereocenters. The zero-order valence-electron chi connectivity index (χ0n) is 6.16. The lowest BCUT2D eigenvalue weighted by molar-refractivity contribution is -0.0993. The summed E-state index contributed by atoms with van der Waals surface area (Å²) in [7, 11) is 1.56. The van der Waals surface area contributed by atoms with Crippen LogP contribution in [0.3, 0.4) is 0 Å². The summed E-state index contributed by atoms with van der Waals surface area (Å²) in [5, 5.41) is 18.4. The highest BCUT2D eigenvalue weighted by Crippen LogP contribution is 2.20. The maximum Gasteiger partial charge on any atom is 0.106 e. The van der Waals surface area contributed by atoms with Crippen LogP contribution >= 0.6 is 0 Å². The first kappa shape index (κ1) is 7.98. The third-order valence-electron chi connectivity index (χ3n) is 2.07. The van der Waals surface area contributed by atoms with Gasteiger partial charge in [0.05, 0.1) is 12.2 Å². The van der Waals surface area contributed by atoms with Crippen LogP contribution in [-0.2, 0) is 4.74 Å². The monoisotopic (exact) mass is 146 g/mol. The Morgan fingerprint density at radius 1 is 1.30 bits per heavy atom. The Morgan fingerprint density at radius 3 is 2.50 bits per heavy atom. The van der Waals surface area contributed by atoms with Crippen molar-refractivity contribution in [2.24, 2.45) is 0 Å². The molecule has 1 aliphatic rings. The highest BCUT2D eigenvalue weighted by molar-refractivity contribution is 4.81. The molecule has 3 nitrogen and oxygen atoms in total. The third-order valence-corrected chi connectivity index (χ3v) is 2.07. The van der Waals surface area contributed by atoms with Gasteiger partial charge in [0, 0.05) is 7.11 Å². The van der Waals surface area contributed by atoms with E-state index in [1.807, 2.05) is 0 Å². The molecule has 10 heavy (non-hydrogen) atoms. The molecule has 0 bridgehead atoms. The van der Waals surface area contributed by atoms with Gasteiger partial charge < -0.3 is 14.9 Å². The van der Waals surface area contributed by atoms with Crippen LogP contribution in [0, 0.1) is 0 Å². The standard InChI is InChI=1S/C7H14O3/c1-10-6-4-2-3-5(8)7(6)9/h5-9H,2-4H2,1H3/t5-,6+,7-/m1/s1. The molecule has 0 amide bonds. The van der Waals surface area contributed by atoms with E-state index in [0.717, 1.165) is 12.8 Å². The molecule has 0 aromatic carbocycles. The zero-order valence-corrected chi connectivity index (χ0v) is 6.16. The van der Waals surface area contributed by atoms with Crippen molar-refractivity contribution in [1.29, 1.82) is 0 Å². The second kappa shape index (κ2) is 3.32. The molecule has 1 saturated carbocycles. The Morgan fingerprint density at radius 2 is 2.00 bits per heavy atom. The predicted molar refractivity (Wildman–Crippen MR) is 36.7 cm³/mol. The summed E-state index contributed by atoms with van der Waals surface area (Å²) in [6.45, 7) is 0. The van der Waals surface area contributed by atoms with Gasteiger partial charge in [-0.2, -0.15) is 0 Å². The van der Waals surface area contributed by atoms with Gasteiger partial charge in [-0.15, -0.1) is 0 Å². The van der Waals surface area contributed by atoms with Crippen molar-refractivity contribution in [3.8, 4) is 0 Å². The van der Waals surface area contributed by atoms with Crippen LogP contribution in [0.15, 0.2) is 0 Å². The molecule has 0 unspecified atom stereocenters. The normalized spacial score (nSPS) is 41.7. The lowest BCUT2D eigenvalue weighted by Crippen LogP contribution is -2.41. The zero-order chi connectivity index (χ0) is 7.56. The number of aliphatic hydroxyl groups excluding tert-OH is 2. The van der Waals surface area contributed by atoms with Gasteiger partial charge in [0.15, 0.2) is 0 Å². The maximum atomic E-state index is 9.26. The van der Waals surface area contributed by atoms with Crippen LogP contribution < -0.4 is 0 Å². The van der Waals surface area contributed by atoms with E-state index in [1.54, 1.807) is 7.11 Å². The van der Waals surface area contributed by atoms with Gasteiger partial charge in [-0.25, -0.2) is 0 Å². The van der Waals surface area contributed by atoms with Crippen molar-refractivity contribution in [3.63, 3.8) is 0 Å². The Kier molecular flexibility index (Phi) is 2.65. The highest BCUT2D eigenvalue weighted by atomic mass is 16.5. The van der Waals surface area contributed by atoms with Crippen molar-refractivity contribution in [2.75, 3.05) is 7.11 Å². The minimum absolute atomic E-state index is 0.163.